The second-order valence-electron chi connectivity index (χ2n) is 14.3. The number of H-pyrrole nitrogens is 2. The summed E-state index contributed by atoms with van der Waals surface area (Å²) < 4.78 is 10.6. The van der Waals surface area contributed by atoms with E-state index in [1.54, 1.807) is 38.1 Å². The number of hydrogen-bond donors (Lipinski definition) is 2. The van der Waals surface area contributed by atoms with Gasteiger partial charge in [-0.05, 0) is 122 Å². The van der Waals surface area contributed by atoms with Gasteiger partial charge in [0.2, 0.25) is 0 Å². The van der Waals surface area contributed by atoms with Crippen LogP contribution in [0.15, 0.2) is 133 Å². The van der Waals surface area contributed by atoms with Gasteiger partial charge in [0.1, 0.15) is 0 Å². The SMILES string of the molecule is CCOC(=O)c1ccc(-c2c3nc(c(C#Cc4ccccc4)c4ccc([nH]4)c(-c4ccc(C(=O)OCC)cc4)c4nc(c(C#Cc5ccccc5)c5ccc2[nH]5)C=C4)C=C3)cc1. The Morgan fingerprint density at radius 1 is 0.452 bits per heavy atom. The number of aromatic nitrogens is 4. The maximum absolute atomic E-state index is 12.7. The molecule has 8 nitrogen and oxygen atoms in total. The number of fused-ring (bicyclic) bond motifs is 8. The molecule has 0 saturated heterocycles. The van der Waals surface area contributed by atoms with Crippen molar-refractivity contribution in [1.82, 2.24) is 19.9 Å². The molecule has 0 saturated carbocycles. The molecule has 2 aliphatic heterocycles. The Kier molecular flexibility index (Phi) is 11.0. The molecule has 2 N–H and O–H groups in total. The highest BCUT2D eigenvalue weighted by atomic mass is 16.5. The summed E-state index contributed by atoms with van der Waals surface area (Å²) in [6, 6.07) is 42.4. The van der Waals surface area contributed by atoms with Gasteiger partial charge in [0.25, 0.3) is 0 Å². The van der Waals surface area contributed by atoms with E-state index in [1.165, 1.54) is 0 Å². The van der Waals surface area contributed by atoms with Crippen molar-refractivity contribution in [3.8, 4) is 45.9 Å². The smallest absolute Gasteiger partial charge is 0.338 e. The first-order chi connectivity index (χ1) is 30.4. The van der Waals surface area contributed by atoms with E-state index in [4.69, 9.17) is 19.4 Å². The molecule has 0 unspecified atom stereocenters. The minimum atomic E-state index is -0.383. The summed E-state index contributed by atoms with van der Waals surface area (Å²) in [6.07, 6.45) is 7.94. The third kappa shape index (κ3) is 8.09. The Bertz CT molecular complexity index is 3010. The zero-order valence-electron chi connectivity index (χ0n) is 34.0. The standard InChI is InChI=1S/C54H38N4O4/c1-3-61-53(59)39-21-17-37(18-22-39)51-47-31-27-43(55-47)41(25-15-35-11-7-5-8-12-35)45-29-33-49(57-45)52(38-19-23-40(24-20-38)54(60)62-4-2)50-34-30-46(58-50)42(44-28-32-48(51)56-44)26-16-36-13-9-6-10-14-36/h5-14,17-24,27-34,55,58H,3-4H2,1-2H3. The van der Waals surface area contributed by atoms with Gasteiger partial charge in [0.15, 0.2) is 0 Å². The Labute approximate surface area is 358 Å². The number of nitrogens with zero attached hydrogens (tertiary/aromatic N) is 2. The van der Waals surface area contributed by atoms with E-state index in [0.29, 0.717) is 45.0 Å². The maximum Gasteiger partial charge on any atom is 0.338 e. The third-order valence-electron chi connectivity index (χ3n) is 10.3. The van der Waals surface area contributed by atoms with Crippen LogP contribution in [0, 0.1) is 23.7 Å². The molecule has 0 aliphatic carbocycles. The minimum absolute atomic E-state index is 0.285. The monoisotopic (exact) mass is 806 g/mol. The van der Waals surface area contributed by atoms with Gasteiger partial charge >= 0.3 is 11.9 Å². The lowest BCUT2D eigenvalue weighted by Crippen LogP contribution is -2.04. The van der Waals surface area contributed by atoms with Crippen LogP contribution < -0.4 is 0 Å². The molecule has 0 atom stereocenters. The summed E-state index contributed by atoms with van der Waals surface area (Å²) in [5, 5.41) is 0. The first kappa shape index (κ1) is 39.0. The second kappa shape index (κ2) is 17.4. The Morgan fingerprint density at radius 2 is 0.823 bits per heavy atom. The average Bonchev–Trinajstić information content (AvgIpc) is 4.16. The molecule has 4 aromatic carbocycles. The Balaban J connectivity index is 1.37. The molecule has 0 spiro atoms. The largest absolute Gasteiger partial charge is 0.462 e. The lowest BCUT2D eigenvalue weighted by Gasteiger charge is -2.07. The van der Waals surface area contributed by atoms with E-state index < -0.39 is 0 Å². The van der Waals surface area contributed by atoms with Crippen LogP contribution in [0.3, 0.4) is 0 Å². The number of benzene rings is 4. The molecule has 62 heavy (non-hydrogen) atoms. The van der Waals surface area contributed by atoms with E-state index in [1.807, 2.05) is 133 Å². The molecule has 8 heteroatoms. The van der Waals surface area contributed by atoms with E-state index in [-0.39, 0.29) is 25.2 Å². The Hall–Kier alpha value is -8.46. The van der Waals surface area contributed by atoms with Gasteiger partial charge in [-0.1, -0.05) is 84.3 Å². The number of hydrogen-bond acceptors (Lipinski definition) is 6. The van der Waals surface area contributed by atoms with Gasteiger partial charge < -0.3 is 19.4 Å². The van der Waals surface area contributed by atoms with Crippen molar-refractivity contribution in [3.63, 3.8) is 0 Å². The topological polar surface area (TPSA) is 110 Å². The summed E-state index contributed by atoms with van der Waals surface area (Å²) in [7, 11) is 0. The van der Waals surface area contributed by atoms with Crippen molar-refractivity contribution in [2.75, 3.05) is 13.2 Å². The number of aromatic amines is 2. The lowest BCUT2D eigenvalue weighted by atomic mass is 10.0. The predicted molar refractivity (Wildman–Crippen MR) is 246 cm³/mol. The second-order valence-corrected chi connectivity index (χ2v) is 14.3. The van der Waals surface area contributed by atoms with E-state index >= 15 is 0 Å². The first-order valence-corrected chi connectivity index (χ1v) is 20.3. The van der Waals surface area contributed by atoms with Crippen molar-refractivity contribution in [2.24, 2.45) is 0 Å². The molecule has 298 valence electrons. The summed E-state index contributed by atoms with van der Waals surface area (Å²) in [5.74, 6) is 12.8. The van der Waals surface area contributed by atoms with Crippen LogP contribution in [0.5, 0.6) is 0 Å². The number of carbonyl (C=O) groups is 2. The third-order valence-corrected chi connectivity index (χ3v) is 10.3. The van der Waals surface area contributed by atoms with Gasteiger partial charge in [-0.15, -0.1) is 0 Å². The molecule has 9 rings (SSSR count). The number of rotatable bonds is 6. The molecule has 5 heterocycles. The summed E-state index contributed by atoms with van der Waals surface area (Å²) >= 11 is 0. The normalized spacial score (nSPS) is 11.3. The molecule has 7 aromatic rings. The number of ether oxygens (including phenoxy) is 2. The molecule has 8 bridgehead atoms. The zero-order valence-corrected chi connectivity index (χ0v) is 34.0. The summed E-state index contributed by atoms with van der Waals surface area (Å²) in [5.41, 5.74) is 13.2. The van der Waals surface area contributed by atoms with Crippen LogP contribution in [0.25, 0.3) is 68.6 Å². The zero-order chi connectivity index (χ0) is 42.4. The average molecular weight is 807 g/mol. The molecule has 3 aromatic heterocycles. The molecular formula is C54H38N4O4. The number of carbonyl (C=O) groups excluding carboxylic acids is 2. The van der Waals surface area contributed by atoms with Crippen molar-refractivity contribution in [1.29, 1.82) is 0 Å². The van der Waals surface area contributed by atoms with Gasteiger partial charge in [0, 0.05) is 33.3 Å². The van der Waals surface area contributed by atoms with E-state index in [2.05, 4.69) is 33.6 Å². The number of nitrogens with one attached hydrogen (secondary N) is 2. The fourth-order valence-corrected chi connectivity index (χ4v) is 7.36. The van der Waals surface area contributed by atoms with E-state index in [9.17, 15) is 9.59 Å². The maximum atomic E-state index is 12.7. The van der Waals surface area contributed by atoms with Gasteiger partial charge in [-0.3, -0.25) is 0 Å². The highest BCUT2D eigenvalue weighted by Crippen LogP contribution is 2.34. The Morgan fingerprint density at radius 3 is 1.21 bits per heavy atom. The highest BCUT2D eigenvalue weighted by Gasteiger charge is 2.18. The summed E-state index contributed by atoms with van der Waals surface area (Å²) in [6.45, 7) is 4.15. The van der Waals surface area contributed by atoms with Crippen molar-refractivity contribution in [3.05, 3.63) is 190 Å². The minimum Gasteiger partial charge on any atom is -0.462 e. The lowest BCUT2D eigenvalue weighted by molar-refractivity contribution is 0.0517. The fourth-order valence-electron chi connectivity index (χ4n) is 7.36. The van der Waals surface area contributed by atoms with Crippen LogP contribution in [0.4, 0.5) is 0 Å². The van der Waals surface area contributed by atoms with Crippen LogP contribution in [0.1, 0.15) is 79.6 Å². The number of esters is 2. The van der Waals surface area contributed by atoms with Crippen LogP contribution in [0.2, 0.25) is 0 Å². The molecule has 2 aliphatic rings. The molecule has 0 fully saturated rings. The van der Waals surface area contributed by atoms with Gasteiger partial charge in [-0.25, -0.2) is 19.6 Å². The fraction of sp³-hybridized carbons (Fsp3) is 0.0741. The van der Waals surface area contributed by atoms with Crippen LogP contribution >= 0.6 is 0 Å². The first-order valence-electron chi connectivity index (χ1n) is 20.3. The highest BCUT2D eigenvalue weighted by molar-refractivity contribution is 5.97. The van der Waals surface area contributed by atoms with Gasteiger partial charge in [-0.2, -0.15) is 0 Å². The van der Waals surface area contributed by atoms with Crippen molar-refractivity contribution in [2.45, 2.75) is 13.8 Å². The van der Waals surface area contributed by atoms with Gasteiger partial charge in [0.05, 0.1) is 69.3 Å². The molecular weight excluding hydrogens is 769 g/mol. The summed E-state index contributed by atoms with van der Waals surface area (Å²) in [4.78, 5) is 43.2. The predicted octanol–water partition coefficient (Wildman–Crippen LogP) is 11.1. The van der Waals surface area contributed by atoms with Crippen LogP contribution in [-0.2, 0) is 9.47 Å². The van der Waals surface area contributed by atoms with Crippen molar-refractivity contribution < 1.29 is 19.1 Å². The van der Waals surface area contributed by atoms with E-state index in [0.717, 1.165) is 55.4 Å². The molecule has 0 radical (unpaired) electrons. The van der Waals surface area contributed by atoms with Crippen molar-refractivity contribution >= 4 is 58.3 Å². The molecule has 0 amide bonds. The van der Waals surface area contributed by atoms with Crippen LogP contribution in [-0.4, -0.2) is 45.1 Å². The quantitative estimate of drug-likeness (QED) is 0.128.